The summed E-state index contributed by atoms with van der Waals surface area (Å²) in [6.45, 7) is 4.91. The Labute approximate surface area is 81.6 Å². The predicted octanol–water partition coefficient (Wildman–Crippen LogP) is 1.04. The van der Waals surface area contributed by atoms with Gasteiger partial charge < -0.3 is 5.73 Å². The fourth-order valence-electron chi connectivity index (χ4n) is 1.18. The van der Waals surface area contributed by atoms with Crippen molar-refractivity contribution in [3.8, 4) is 0 Å². The van der Waals surface area contributed by atoms with Crippen LogP contribution in [0.4, 0.5) is 0 Å². The lowest BCUT2D eigenvalue weighted by Gasteiger charge is -2.17. The average molecular weight is 207 g/mol. The van der Waals surface area contributed by atoms with Gasteiger partial charge in [-0.1, -0.05) is 13.8 Å². The van der Waals surface area contributed by atoms with Gasteiger partial charge in [0.1, 0.15) is 9.84 Å². The van der Waals surface area contributed by atoms with Crippen molar-refractivity contribution in [2.24, 2.45) is 17.6 Å². The fourth-order valence-corrected chi connectivity index (χ4v) is 1.88. The molecule has 4 heteroatoms. The van der Waals surface area contributed by atoms with Crippen LogP contribution in [0.25, 0.3) is 0 Å². The Kier molecular flexibility index (Phi) is 5.56. The quantitative estimate of drug-likeness (QED) is 0.708. The lowest BCUT2D eigenvalue weighted by molar-refractivity contribution is 0.369. The number of rotatable bonds is 6. The minimum Gasteiger partial charge on any atom is -0.330 e. The Morgan fingerprint density at radius 1 is 1.23 bits per heavy atom. The Hall–Kier alpha value is -0.0900. The van der Waals surface area contributed by atoms with E-state index in [4.69, 9.17) is 5.73 Å². The van der Waals surface area contributed by atoms with Crippen LogP contribution in [0.1, 0.15) is 26.7 Å². The summed E-state index contributed by atoms with van der Waals surface area (Å²) in [5, 5.41) is 0. The molecule has 0 aliphatic rings. The molecule has 0 aromatic heterocycles. The molecule has 0 heterocycles. The van der Waals surface area contributed by atoms with Gasteiger partial charge >= 0.3 is 0 Å². The van der Waals surface area contributed by atoms with Gasteiger partial charge in [-0.3, -0.25) is 0 Å². The highest BCUT2D eigenvalue weighted by Gasteiger charge is 2.11. The summed E-state index contributed by atoms with van der Waals surface area (Å²) in [5.74, 6) is 1.31. The Morgan fingerprint density at radius 2 is 1.77 bits per heavy atom. The molecule has 0 rings (SSSR count). The van der Waals surface area contributed by atoms with Crippen LogP contribution in [-0.2, 0) is 9.84 Å². The molecule has 2 N–H and O–H groups in total. The van der Waals surface area contributed by atoms with Crippen molar-refractivity contribution in [3.63, 3.8) is 0 Å². The van der Waals surface area contributed by atoms with Gasteiger partial charge in [0, 0.05) is 12.0 Å². The van der Waals surface area contributed by atoms with E-state index in [2.05, 4.69) is 13.8 Å². The van der Waals surface area contributed by atoms with Crippen LogP contribution in [-0.4, -0.2) is 27.0 Å². The zero-order valence-corrected chi connectivity index (χ0v) is 9.60. The second-order valence-electron chi connectivity index (χ2n) is 3.96. The standard InChI is InChI=1S/C9H21NO2S/c1-8(9(2)7-10)5-4-6-13(3,11)12/h8-9H,4-7,10H2,1-3H3. The van der Waals surface area contributed by atoms with Gasteiger partial charge in [0.05, 0.1) is 0 Å². The maximum atomic E-state index is 10.8. The van der Waals surface area contributed by atoms with Crippen molar-refractivity contribution >= 4 is 9.84 Å². The van der Waals surface area contributed by atoms with Crippen LogP contribution in [0.2, 0.25) is 0 Å². The second-order valence-corrected chi connectivity index (χ2v) is 6.22. The molecule has 0 radical (unpaired) electrons. The summed E-state index contributed by atoms with van der Waals surface area (Å²) in [6, 6.07) is 0. The summed E-state index contributed by atoms with van der Waals surface area (Å²) in [7, 11) is -2.78. The average Bonchev–Trinajstić information content (AvgIpc) is 2.00. The van der Waals surface area contributed by atoms with Gasteiger partial charge in [0.2, 0.25) is 0 Å². The van der Waals surface area contributed by atoms with Gasteiger partial charge in [-0.25, -0.2) is 8.42 Å². The second kappa shape index (κ2) is 5.60. The fraction of sp³-hybridized carbons (Fsp3) is 1.00. The molecule has 2 atom stereocenters. The van der Waals surface area contributed by atoms with Crippen molar-refractivity contribution in [3.05, 3.63) is 0 Å². The van der Waals surface area contributed by atoms with Crippen LogP contribution in [0.15, 0.2) is 0 Å². The van der Waals surface area contributed by atoms with E-state index in [1.165, 1.54) is 6.26 Å². The maximum absolute atomic E-state index is 10.8. The minimum absolute atomic E-state index is 0.300. The Morgan fingerprint density at radius 3 is 2.15 bits per heavy atom. The van der Waals surface area contributed by atoms with Crippen molar-refractivity contribution in [2.75, 3.05) is 18.6 Å². The lowest BCUT2D eigenvalue weighted by Crippen LogP contribution is -2.19. The molecule has 0 spiro atoms. The summed E-state index contributed by atoms with van der Waals surface area (Å²) in [5.41, 5.74) is 5.51. The van der Waals surface area contributed by atoms with E-state index in [1.54, 1.807) is 0 Å². The van der Waals surface area contributed by atoms with Crippen molar-refractivity contribution in [1.82, 2.24) is 0 Å². The molecule has 0 bridgehead atoms. The van der Waals surface area contributed by atoms with Crippen molar-refractivity contribution in [1.29, 1.82) is 0 Å². The third-order valence-corrected chi connectivity index (χ3v) is 3.55. The largest absolute Gasteiger partial charge is 0.330 e. The van der Waals surface area contributed by atoms with Crippen LogP contribution < -0.4 is 5.73 Å². The minimum atomic E-state index is -2.78. The highest BCUT2D eigenvalue weighted by molar-refractivity contribution is 7.90. The first-order chi connectivity index (χ1) is 5.87. The molecule has 13 heavy (non-hydrogen) atoms. The number of nitrogens with two attached hydrogens (primary N) is 1. The third kappa shape index (κ3) is 7.02. The maximum Gasteiger partial charge on any atom is 0.147 e. The number of sulfone groups is 1. The van der Waals surface area contributed by atoms with E-state index in [-0.39, 0.29) is 0 Å². The van der Waals surface area contributed by atoms with E-state index in [0.717, 1.165) is 12.8 Å². The van der Waals surface area contributed by atoms with Crippen LogP contribution in [0, 0.1) is 11.8 Å². The topological polar surface area (TPSA) is 60.2 Å². The van der Waals surface area contributed by atoms with Crippen molar-refractivity contribution in [2.45, 2.75) is 26.7 Å². The summed E-state index contributed by atoms with van der Waals surface area (Å²) < 4.78 is 21.7. The summed E-state index contributed by atoms with van der Waals surface area (Å²) in [6.07, 6.45) is 2.99. The molecule has 0 saturated heterocycles. The Balaban J connectivity index is 3.65. The molecule has 0 aromatic carbocycles. The lowest BCUT2D eigenvalue weighted by atomic mass is 9.92. The zero-order chi connectivity index (χ0) is 10.5. The first kappa shape index (κ1) is 12.9. The molecule has 0 saturated carbocycles. The van der Waals surface area contributed by atoms with Crippen molar-refractivity contribution < 1.29 is 8.42 Å². The molecule has 0 fully saturated rings. The van der Waals surface area contributed by atoms with Gasteiger partial charge in [-0.2, -0.15) is 0 Å². The molecule has 2 unspecified atom stereocenters. The Bertz CT molecular complexity index is 224. The molecule has 0 amide bonds. The van der Waals surface area contributed by atoms with Gasteiger partial charge in [-0.05, 0) is 31.2 Å². The molecule has 0 aliphatic carbocycles. The molecule has 0 aliphatic heterocycles. The third-order valence-electron chi connectivity index (χ3n) is 2.52. The van der Waals surface area contributed by atoms with Crippen LogP contribution in [0.5, 0.6) is 0 Å². The smallest absolute Gasteiger partial charge is 0.147 e. The van der Waals surface area contributed by atoms with Crippen LogP contribution in [0.3, 0.4) is 0 Å². The van der Waals surface area contributed by atoms with Gasteiger partial charge in [0.25, 0.3) is 0 Å². The molecular formula is C9H21NO2S. The first-order valence-corrected chi connectivity index (χ1v) is 6.80. The molecule has 3 nitrogen and oxygen atoms in total. The number of hydrogen-bond acceptors (Lipinski definition) is 3. The van der Waals surface area contributed by atoms with Gasteiger partial charge in [0.15, 0.2) is 0 Å². The molecular weight excluding hydrogens is 186 g/mol. The molecule has 80 valence electrons. The van der Waals surface area contributed by atoms with E-state index in [0.29, 0.717) is 24.1 Å². The zero-order valence-electron chi connectivity index (χ0n) is 8.79. The van der Waals surface area contributed by atoms with E-state index >= 15 is 0 Å². The highest BCUT2D eigenvalue weighted by Crippen LogP contribution is 2.15. The van der Waals surface area contributed by atoms with Crippen LogP contribution >= 0.6 is 0 Å². The molecule has 0 aromatic rings. The normalized spacial score (nSPS) is 16.9. The first-order valence-electron chi connectivity index (χ1n) is 4.74. The van der Waals surface area contributed by atoms with E-state index < -0.39 is 9.84 Å². The summed E-state index contributed by atoms with van der Waals surface area (Å²) in [4.78, 5) is 0. The number of hydrogen-bond donors (Lipinski definition) is 1. The van der Waals surface area contributed by atoms with E-state index in [9.17, 15) is 8.42 Å². The predicted molar refractivity (Wildman–Crippen MR) is 56.3 cm³/mol. The van der Waals surface area contributed by atoms with E-state index in [1.807, 2.05) is 0 Å². The monoisotopic (exact) mass is 207 g/mol. The summed E-state index contributed by atoms with van der Waals surface area (Å²) >= 11 is 0. The van der Waals surface area contributed by atoms with Gasteiger partial charge in [-0.15, -0.1) is 0 Å². The SMILES string of the molecule is CC(CN)C(C)CCCS(C)(=O)=O. The highest BCUT2D eigenvalue weighted by atomic mass is 32.2.